The van der Waals surface area contributed by atoms with E-state index in [2.05, 4.69) is 0 Å². The number of benzene rings is 2. The van der Waals surface area contributed by atoms with Crippen LogP contribution in [0.25, 0.3) is 0 Å². The van der Waals surface area contributed by atoms with Crippen LogP contribution in [0.3, 0.4) is 0 Å². The van der Waals surface area contributed by atoms with E-state index in [0.29, 0.717) is 0 Å². The highest BCUT2D eigenvalue weighted by atomic mass is 19.4. The largest absolute Gasteiger partial charge is 0.459 e. The summed E-state index contributed by atoms with van der Waals surface area (Å²) in [5.41, 5.74) is 0.240. The molecule has 0 aromatic heterocycles. The number of halogens is 3. The molecule has 2 aromatic rings. The van der Waals surface area contributed by atoms with E-state index >= 15 is 0 Å². The molecule has 0 amide bonds. The Kier molecular flexibility index (Phi) is 7.74. The fourth-order valence-corrected chi connectivity index (χ4v) is 2.68. The molecule has 0 saturated heterocycles. The number of rotatable bonds is 8. The summed E-state index contributed by atoms with van der Waals surface area (Å²) >= 11 is 0. The van der Waals surface area contributed by atoms with E-state index in [-0.39, 0.29) is 11.1 Å². The van der Waals surface area contributed by atoms with E-state index in [0.717, 1.165) is 0 Å². The van der Waals surface area contributed by atoms with Gasteiger partial charge in [-0.2, -0.15) is 13.2 Å². The summed E-state index contributed by atoms with van der Waals surface area (Å²) in [7, 11) is 0. The summed E-state index contributed by atoms with van der Waals surface area (Å²) in [6.45, 7) is 2.77. The zero-order valence-corrected chi connectivity index (χ0v) is 16.4. The maximum atomic E-state index is 13.0. The Bertz CT molecular complexity index is 865. The number of ether oxygens (including phenoxy) is 2. The Morgan fingerprint density at radius 2 is 1.33 bits per heavy atom. The van der Waals surface area contributed by atoms with Crippen LogP contribution in [0.1, 0.15) is 41.0 Å². The van der Waals surface area contributed by atoms with Crippen LogP contribution in [0.5, 0.6) is 0 Å². The van der Waals surface area contributed by atoms with Gasteiger partial charge in [0.1, 0.15) is 12.2 Å². The molecule has 0 aliphatic heterocycles. The minimum atomic E-state index is -4.65. The monoisotopic (exact) mass is 422 g/mol. The van der Waals surface area contributed by atoms with E-state index in [1.165, 1.54) is 50.2 Å². The van der Waals surface area contributed by atoms with Crippen LogP contribution in [-0.2, 0) is 14.3 Å². The van der Waals surface area contributed by atoms with Gasteiger partial charge in [-0.05, 0) is 19.1 Å². The average Bonchev–Trinajstić information content (AvgIpc) is 2.72. The molecule has 0 N–H and O–H groups in total. The van der Waals surface area contributed by atoms with E-state index < -0.39 is 48.4 Å². The molecule has 8 heteroatoms. The van der Waals surface area contributed by atoms with Gasteiger partial charge < -0.3 is 9.47 Å². The third kappa shape index (κ3) is 6.72. The van der Waals surface area contributed by atoms with Crippen molar-refractivity contribution in [3.05, 3.63) is 71.8 Å². The lowest BCUT2D eigenvalue weighted by molar-refractivity contribution is -0.178. The summed E-state index contributed by atoms with van der Waals surface area (Å²) in [5.74, 6) is -4.19. The second-order valence-corrected chi connectivity index (χ2v) is 6.79. The molecule has 0 spiro atoms. The fraction of sp³-hybridized carbons (Fsp3) is 0.318. The van der Waals surface area contributed by atoms with Gasteiger partial charge in [-0.15, -0.1) is 0 Å². The van der Waals surface area contributed by atoms with Crippen LogP contribution in [0.2, 0.25) is 0 Å². The molecule has 0 radical (unpaired) electrons. The molecule has 2 rings (SSSR count). The predicted octanol–water partition coefficient (Wildman–Crippen LogP) is 4.62. The van der Waals surface area contributed by atoms with Crippen LogP contribution in [0.15, 0.2) is 60.7 Å². The normalized spacial score (nSPS) is 14.3. The van der Waals surface area contributed by atoms with Gasteiger partial charge in [0.15, 0.2) is 0 Å². The quantitative estimate of drug-likeness (QED) is 0.353. The number of carbonyl (C=O) groups is 3. The van der Waals surface area contributed by atoms with Gasteiger partial charge in [-0.25, -0.2) is 9.59 Å². The number of carbonyl (C=O) groups excluding carboxylic acids is 3. The lowest BCUT2D eigenvalue weighted by Gasteiger charge is -2.29. The van der Waals surface area contributed by atoms with Crippen molar-refractivity contribution in [3.63, 3.8) is 0 Å². The second kappa shape index (κ2) is 10.0. The molecule has 0 saturated carbocycles. The maximum absolute atomic E-state index is 13.0. The lowest BCUT2D eigenvalue weighted by atomic mass is 9.96. The van der Waals surface area contributed by atoms with Crippen molar-refractivity contribution in [2.24, 2.45) is 5.92 Å². The summed E-state index contributed by atoms with van der Waals surface area (Å²) in [6, 6.07) is 15.3. The molecule has 3 unspecified atom stereocenters. The van der Waals surface area contributed by atoms with Crippen LogP contribution in [0, 0.1) is 5.92 Å². The molecular weight excluding hydrogens is 401 g/mol. The summed E-state index contributed by atoms with van der Waals surface area (Å²) < 4.78 is 49.3. The number of Topliss-reactive ketones (excluding diaryl/α,β-unsaturated/α-hetero) is 1. The molecule has 0 bridgehead atoms. The topological polar surface area (TPSA) is 69.7 Å². The fourth-order valence-electron chi connectivity index (χ4n) is 2.68. The third-order valence-corrected chi connectivity index (χ3v) is 4.54. The Labute approximate surface area is 171 Å². The first-order valence-electron chi connectivity index (χ1n) is 9.21. The van der Waals surface area contributed by atoms with Gasteiger partial charge in [0.2, 0.25) is 0 Å². The van der Waals surface area contributed by atoms with Crippen LogP contribution >= 0.6 is 0 Å². The zero-order chi connectivity index (χ0) is 22.3. The first-order valence-corrected chi connectivity index (χ1v) is 9.21. The lowest BCUT2D eigenvalue weighted by Crippen LogP contribution is -2.39. The van der Waals surface area contributed by atoms with Crippen molar-refractivity contribution in [2.45, 2.75) is 38.7 Å². The minimum Gasteiger partial charge on any atom is -0.459 e. The van der Waals surface area contributed by atoms with E-state index in [1.54, 1.807) is 24.3 Å². The standard InChI is InChI=1S/C22H21F3O5/c1-14(15(2)29-20(27)17-11-7-4-8-12-17)18(13-22(23,24)25)30-21(28)19(26)16-9-5-3-6-10-16/h3-12,14-15,18H,13H2,1-2H3. The third-order valence-electron chi connectivity index (χ3n) is 4.54. The molecule has 160 valence electrons. The second-order valence-electron chi connectivity index (χ2n) is 6.79. The average molecular weight is 422 g/mol. The molecule has 0 aliphatic carbocycles. The van der Waals surface area contributed by atoms with E-state index in [4.69, 9.17) is 9.47 Å². The Hall–Kier alpha value is -3.16. The van der Waals surface area contributed by atoms with Crippen LogP contribution in [0.4, 0.5) is 13.2 Å². The van der Waals surface area contributed by atoms with Gasteiger partial charge in [-0.1, -0.05) is 55.5 Å². The Balaban J connectivity index is 2.11. The van der Waals surface area contributed by atoms with Crippen molar-refractivity contribution < 1.29 is 37.0 Å². The van der Waals surface area contributed by atoms with Crippen molar-refractivity contribution in [1.29, 1.82) is 0 Å². The number of alkyl halides is 3. The van der Waals surface area contributed by atoms with Crippen LogP contribution < -0.4 is 0 Å². The van der Waals surface area contributed by atoms with Crippen LogP contribution in [-0.4, -0.2) is 36.1 Å². The number of esters is 2. The van der Waals surface area contributed by atoms with E-state index in [1.807, 2.05) is 0 Å². The van der Waals surface area contributed by atoms with Crippen molar-refractivity contribution >= 4 is 17.7 Å². The summed E-state index contributed by atoms with van der Waals surface area (Å²) in [4.78, 5) is 36.5. The predicted molar refractivity (Wildman–Crippen MR) is 102 cm³/mol. The molecule has 2 aromatic carbocycles. The molecular formula is C22H21F3O5. The first-order chi connectivity index (χ1) is 14.1. The summed E-state index contributed by atoms with van der Waals surface area (Å²) in [5, 5.41) is 0. The molecule has 3 atom stereocenters. The van der Waals surface area contributed by atoms with Gasteiger partial charge >= 0.3 is 18.1 Å². The minimum absolute atomic E-state index is 0.00413. The van der Waals surface area contributed by atoms with Crippen molar-refractivity contribution in [2.75, 3.05) is 0 Å². The highest BCUT2D eigenvalue weighted by Crippen LogP contribution is 2.29. The molecule has 0 heterocycles. The number of ketones is 1. The Morgan fingerprint density at radius 1 is 0.833 bits per heavy atom. The number of hydrogen-bond donors (Lipinski definition) is 0. The first kappa shape index (κ1) is 23.1. The molecule has 0 fully saturated rings. The van der Waals surface area contributed by atoms with Gasteiger partial charge in [0, 0.05) is 11.5 Å². The van der Waals surface area contributed by atoms with Crippen molar-refractivity contribution in [3.8, 4) is 0 Å². The zero-order valence-electron chi connectivity index (χ0n) is 16.4. The highest BCUT2D eigenvalue weighted by molar-refractivity contribution is 6.40. The molecule has 5 nitrogen and oxygen atoms in total. The van der Waals surface area contributed by atoms with Gasteiger partial charge in [-0.3, -0.25) is 4.79 Å². The summed E-state index contributed by atoms with van der Waals surface area (Å²) in [6.07, 6.45) is -8.85. The number of hydrogen-bond acceptors (Lipinski definition) is 5. The SMILES string of the molecule is CC(OC(=O)c1ccccc1)C(C)C(CC(F)(F)F)OC(=O)C(=O)c1ccccc1. The smallest absolute Gasteiger partial charge is 0.392 e. The van der Waals surface area contributed by atoms with Gasteiger partial charge in [0.25, 0.3) is 5.78 Å². The Morgan fingerprint density at radius 3 is 1.83 bits per heavy atom. The molecule has 0 aliphatic rings. The maximum Gasteiger partial charge on any atom is 0.392 e. The molecule has 30 heavy (non-hydrogen) atoms. The van der Waals surface area contributed by atoms with Crippen molar-refractivity contribution in [1.82, 2.24) is 0 Å². The van der Waals surface area contributed by atoms with E-state index in [9.17, 15) is 27.6 Å². The van der Waals surface area contributed by atoms with Gasteiger partial charge in [0.05, 0.1) is 12.0 Å². The highest BCUT2D eigenvalue weighted by Gasteiger charge is 2.40.